The fraction of sp³-hybridized carbons (Fsp3) is 0. The van der Waals surface area contributed by atoms with Gasteiger partial charge in [0.15, 0.2) is 0 Å². The molecule has 262 valence electrons. The minimum absolute atomic E-state index is 0.893. The highest BCUT2D eigenvalue weighted by atomic mass is 32.1. The van der Waals surface area contributed by atoms with E-state index in [0.29, 0.717) is 0 Å². The van der Waals surface area contributed by atoms with E-state index in [0.717, 1.165) is 55.8 Å². The van der Waals surface area contributed by atoms with Crippen molar-refractivity contribution in [1.82, 2.24) is 4.57 Å². The first-order valence-electron chi connectivity index (χ1n) is 19.0. The highest BCUT2D eigenvalue weighted by molar-refractivity contribution is 7.26. The molecule has 0 N–H and O–H groups in total. The zero-order valence-electron chi connectivity index (χ0n) is 30.2. The topological polar surface area (TPSA) is 21.3 Å². The van der Waals surface area contributed by atoms with Gasteiger partial charge in [-0.05, 0) is 95.2 Å². The Bertz CT molecular complexity index is 3440. The van der Waals surface area contributed by atoms with Gasteiger partial charge in [-0.1, -0.05) is 115 Å². The van der Waals surface area contributed by atoms with Crippen molar-refractivity contribution in [2.75, 3.05) is 4.90 Å². The van der Waals surface area contributed by atoms with E-state index >= 15 is 0 Å². The Labute approximate surface area is 326 Å². The van der Waals surface area contributed by atoms with Crippen molar-refractivity contribution in [1.29, 1.82) is 0 Å². The number of hydrogen-bond acceptors (Lipinski definition) is 3. The molecule has 0 aliphatic rings. The number of aromatic nitrogens is 1. The molecule has 3 nitrogen and oxygen atoms in total. The highest BCUT2D eigenvalue weighted by Gasteiger charge is 2.22. The van der Waals surface area contributed by atoms with Gasteiger partial charge in [0.1, 0.15) is 11.2 Å². The second-order valence-electron chi connectivity index (χ2n) is 14.5. The van der Waals surface area contributed by atoms with Crippen LogP contribution in [0.15, 0.2) is 199 Å². The molecule has 3 heterocycles. The van der Waals surface area contributed by atoms with Gasteiger partial charge in [0, 0.05) is 54.0 Å². The second-order valence-corrected chi connectivity index (χ2v) is 15.6. The van der Waals surface area contributed by atoms with Crippen LogP contribution < -0.4 is 4.90 Å². The van der Waals surface area contributed by atoms with Crippen LogP contribution in [0.3, 0.4) is 0 Å². The van der Waals surface area contributed by atoms with Gasteiger partial charge in [0.05, 0.1) is 27.1 Å². The third-order valence-electron chi connectivity index (χ3n) is 11.4. The molecule has 0 saturated carbocycles. The van der Waals surface area contributed by atoms with Crippen LogP contribution in [-0.4, -0.2) is 4.57 Å². The van der Waals surface area contributed by atoms with Crippen molar-refractivity contribution in [2.24, 2.45) is 0 Å². The number of anilines is 3. The molecule has 0 aliphatic heterocycles. The molecular weight excluding hydrogens is 701 g/mol. The Hall–Kier alpha value is -7.14. The molecule has 0 radical (unpaired) electrons. The van der Waals surface area contributed by atoms with Gasteiger partial charge < -0.3 is 13.9 Å². The Morgan fingerprint density at radius 2 is 1.05 bits per heavy atom. The lowest BCUT2D eigenvalue weighted by Crippen LogP contribution is -2.11. The molecule has 0 bridgehead atoms. The minimum Gasteiger partial charge on any atom is -0.456 e. The molecule has 4 heteroatoms. The number of fused-ring (bicyclic) bond motifs is 10. The van der Waals surface area contributed by atoms with Crippen LogP contribution in [0.1, 0.15) is 0 Å². The van der Waals surface area contributed by atoms with E-state index in [1.807, 2.05) is 11.3 Å². The summed E-state index contributed by atoms with van der Waals surface area (Å²) < 4.78 is 11.4. The summed E-state index contributed by atoms with van der Waals surface area (Å²) in [5.74, 6) is 0. The van der Waals surface area contributed by atoms with E-state index in [1.165, 1.54) is 52.8 Å². The third-order valence-corrected chi connectivity index (χ3v) is 12.6. The van der Waals surface area contributed by atoms with Crippen molar-refractivity contribution in [2.45, 2.75) is 0 Å². The predicted molar refractivity (Wildman–Crippen MR) is 239 cm³/mol. The average molecular weight is 733 g/mol. The first-order chi connectivity index (χ1) is 27.8. The Kier molecular flexibility index (Phi) is 6.80. The number of nitrogens with zero attached hydrogens (tertiary/aromatic N) is 2. The molecule has 9 aromatic carbocycles. The number of benzene rings is 9. The van der Waals surface area contributed by atoms with Crippen molar-refractivity contribution >= 4 is 103 Å². The normalized spacial score (nSPS) is 11.9. The number of hydrogen-bond donors (Lipinski definition) is 0. The minimum atomic E-state index is 0.893. The van der Waals surface area contributed by atoms with E-state index in [9.17, 15) is 0 Å². The van der Waals surface area contributed by atoms with E-state index < -0.39 is 0 Å². The van der Waals surface area contributed by atoms with Crippen LogP contribution in [0.2, 0.25) is 0 Å². The van der Waals surface area contributed by atoms with Crippen molar-refractivity contribution in [3.05, 3.63) is 194 Å². The fourth-order valence-electron chi connectivity index (χ4n) is 8.81. The largest absolute Gasteiger partial charge is 0.456 e. The molecule has 0 spiro atoms. The van der Waals surface area contributed by atoms with Crippen LogP contribution in [0, 0.1) is 0 Å². The van der Waals surface area contributed by atoms with Gasteiger partial charge in [0.2, 0.25) is 0 Å². The molecule has 0 unspecified atom stereocenters. The Balaban J connectivity index is 1.07. The third kappa shape index (κ3) is 4.70. The standard InChI is InChI=1S/C52H32N2OS/c1-2-13-34-32-50-44(30-33(34)12-1)43-31-35(24-29-49(43)55-50)38-14-3-7-19-45(38)54(48-22-11-18-42-41-17-6-10-23-51(41)56-52(42)48)37-27-25-36(26-28-37)53-46-20-8-4-15-39(46)40-16-5-9-21-47(40)53/h1-32H. The van der Waals surface area contributed by atoms with E-state index in [2.05, 4.69) is 204 Å². The summed E-state index contributed by atoms with van der Waals surface area (Å²) in [6, 6.07) is 70.3. The summed E-state index contributed by atoms with van der Waals surface area (Å²) in [5.41, 5.74) is 11.0. The molecule has 3 aromatic heterocycles. The van der Waals surface area contributed by atoms with Crippen molar-refractivity contribution in [3.63, 3.8) is 0 Å². The molecule has 12 rings (SSSR count). The first kappa shape index (κ1) is 31.2. The maximum atomic E-state index is 6.43. The molecule has 56 heavy (non-hydrogen) atoms. The van der Waals surface area contributed by atoms with E-state index in [1.54, 1.807) is 0 Å². The zero-order valence-corrected chi connectivity index (χ0v) is 31.0. The lowest BCUT2D eigenvalue weighted by atomic mass is 9.99. The smallest absolute Gasteiger partial charge is 0.136 e. The summed E-state index contributed by atoms with van der Waals surface area (Å²) in [6.07, 6.45) is 0. The van der Waals surface area contributed by atoms with Gasteiger partial charge in [0.25, 0.3) is 0 Å². The van der Waals surface area contributed by atoms with Gasteiger partial charge in [-0.3, -0.25) is 0 Å². The first-order valence-corrected chi connectivity index (χ1v) is 19.8. The molecule has 0 saturated heterocycles. The molecule has 0 fully saturated rings. The lowest BCUT2D eigenvalue weighted by Gasteiger charge is -2.28. The Morgan fingerprint density at radius 3 is 1.86 bits per heavy atom. The summed E-state index contributed by atoms with van der Waals surface area (Å²) in [7, 11) is 0. The second kappa shape index (κ2) is 12.2. The van der Waals surface area contributed by atoms with Gasteiger partial charge >= 0.3 is 0 Å². The molecule has 0 amide bonds. The molecule has 12 aromatic rings. The summed E-state index contributed by atoms with van der Waals surface area (Å²) in [6.45, 7) is 0. The fourth-order valence-corrected chi connectivity index (χ4v) is 10.0. The number of para-hydroxylation sites is 3. The van der Waals surface area contributed by atoms with Crippen LogP contribution in [0.25, 0.3) is 91.5 Å². The van der Waals surface area contributed by atoms with Crippen LogP contribution in [0.4, 0.5) is 17.1 Å². The Morgan fingerprint density at radius 1 is 0.429 bits per heavy atom. The predicted octanol–water partition coefficient (Wildman–Crippen LogP) is 15.3. The number of furan rings is 1. The lowest BCUT2D eigenvalue weighted by molar-refractivity contribution is 0.669. The summed E-state index contributed by atoms with van der Waals surface area (Å²) >= 11 is 1.86. The average Bonchev–Trinajstić information content (AvgIpc) is 3.93. The SMILES string of the molecule is c1ccc(N(c2ccc(-n3c4ccccc4c4ccccc43)cc2)c2cccc3c2sc2ccccc23)c(-c2ccc3oc4cc5ccccc5cc4c3c2)c1. The molecule has 0 atom stereocenters. The quantitative estimate of drug-likeness (QED) is 0.176. The van der Waals surface area contributed by atoms with Crippen LogP contribution in [0.5, 0.6) is 0 Å². The van der Waals surface area contributed by atoms with E-state index in [-0.39, 0.29) is 0 Å². The van der Waals surface area contributed by atoms with E-state index in [4.69, 9.17) is 4.42 Å². The zero-order chi connectivity index (χ0) is 36.7. The van der Waals surface area contributed by atoms with Crippen LogP contribution in [-0.2, 0) is 0 Å². The van der Waals surface area contributed by atoms with Gasteiger partial charge in [-0.15, -0.1) is 11.3 Å². The van der Waals surface area contributed by atoms with Gasteiger partial charge in [-0.25, -0.2) is 0 Å². The monoisotopic (exact) mass is 732 g/mol. The number of rotatable bonds is 5. The highest BCUT2D eigenvalue weighted by Crippen LogP contribution is 2.48. The van der Waals surface area contributed by atoms with Crippen molar-refractivity contribution in [3.8, 4) is 16.8 Å². The van der Waals surface area contributed by atoms with Crippen LogP contribution >= 0.6 is 11.3 Å². The van der Waals surface area contributed by atoms with Crippen molar-refractivity contribution < 1.29 is 4.42 Å². The molecular formula is C52H32N2OS. The van der Waals surface area contributed by atoms with Gasteiger partial charge in [-0.2, -0.15) is 0 Å². The number of thiophene rings is 1. The maximum absolute atomic E-state index is 6.43. The summed E-state index contributed by atoms with van der Waals surface area (Å²) in [5, 5.41) is 9.71. The summed E-state index contributed by atoms with van der Waals surface area (Å²) in [4.78, 5) is 2.45. The molecule has 0 aliphatic carbocycles. The maximum Gasteiger partial charge on any atom is 0.136 e.